The van der Waals surface area contributed by atoms with Gasteiger partial charge in [0.25, 0.3) is 0 Å². The second-order valence-electron chi connectivity index (χ2n) is 4.67. The van der Waals surface area contributed by atoms with Crippen molar-refractivity contribution in [2.75, 3.05) is 13.1 Å². The second kappa shape index (κ2) is 4.72. The number of aryl methyl sites for hydroxylation is 1. The predicted molar refractivity (Wildman–Crippen MR) is 65.8 cm³/mol. The van der Waals surface area contributed by atoms with E-state index in [1.54, 1.807) is 0 Å². The third-order valence-electron chi connectivity index (χ3n) is 3.22. The van der Waals surface area contributed by atoms with E-state index in [9.17, 15) is 4.39 Å². The zero-order valence-corrected chi connectivity index (χ0v) is 10.3. The van der Waals surface area contributed by atoms with Gasteiger partial charge in [-0.25, -0.2) is 4.39 Å². The number of rotatable bonds is 2. The number of hydrogen-bond donors (Lipinski definition) is 1. The number of alkyl halides is 1. The predicted octanol–water partition coefficient (Wildman–Crippen LogP) is 3.28. The first-order valence-corrected chi connectivity index (χ1v) is 6.12. The molecule has 1 aromatic rings. The summed E-state index contributed by atoms with van der Waals surface area (Å²) in [5, 5.41) is 3.87. The highest BCUT2D eigenvalue weighted by atomic mass is 35.5. The van der Waals surface area contributed by atoms with Crippen LogP contribution in [0.25, 0.3) is 0 Å². The van der Waals surface area contributed by atoms with Gasteiger partial charge in [-0.3, -0.25) is 0 Å². The summed E-state index contributed by atoms with van der Waals surface area (Å²) in [5.41, 5.74) is 0.966. The van der Waals surface area contributed by atoms with Crippen molar-refractivity contribution in [1.29, 1.82) is 0 Å². The standard InChI is InChI=1S/C13H17ClFN/c1-10-2-3-11(12(14)8-10)9-13(15)4-6-16-7-5-13/h2-3,8,16H,4-7,9H2,1H3. The molecule has 3 heteroatoms. The molecule has 1 fully saturated rings. The van der Waals surface area contributed by atoms with Crippen LogP contribution < -0.4 is 5.32 Å². The summed E-state index contributed by atoms with van der Waals surface area (Å²) in [7, 11) is 0. The van der Waals surface area contributed by atoms with E-state index in [4.69, 9.17) is 11.6 Å². The molecule has 0 radical (unpaired) electrons. The zero-order chi connectivity index (χ0) is 11.6. The first kappa shape index (κ1) is 11.9. The lowest BCUT2D eigenvalue weighted by atomic mass is 9.87. The van der Waals surface area contributed by atoms with Crippen molar-refractivity contribution in [1.82, 2.24) is 5.32 Å². The van der Waals surface area contributed by atoms with Gasteiger partial charge in [-0.2, -0.15) is 0 Å². The molecule has 1 saturated heterocycles. The maximum Gasteiger partial charge on any atom is 0.117 e. The van der Waals surface area contributed by atoms with Crippen LogP contribution in [0.5, 0.6) is 0 Å². The van der Waals surface area contributed by atoms with Crippen LogP contribution in [0, 0.1) is 6.92 Å². The largest absolute Gasteiger partial charge is 0.316 e. The van der Waals surface area contributed by atoms with Crippen LogP contribution in [0.2, 0.25) is 5.02 Å². The SMILES string of the molecule is Cc1ccc(CC2(F)CCNCC2)c(Cl)c1. The molecule has 0 aliphatic carbocycles. The molecular formula is C13H17ClFN. The Hall–Kier alpha value is -0.600. The summed E-state index contributed by atoms with van der Waals surface area (Å²) in [6.07, 6.45) is 1.60. The van der Waals surface area contributed by atoms with Crippen LogP contribution in [0.1, 0.15) is 24.0 Å². The maximum absolute atomic E-state index is 14.4. The third-order valence-corrected chi connectivity index (χ3v) is 3.57. The second-order valence-corrected chi connectivity index (χ2v) is 5.08. The molecule has 1 N–H and O–H groups in total. The topological polar surface area (TPSA) is 12.0 Å². The van der Waals surface area contributed by atoms with E-state index in [1.165, 1.54) is 0 Å². The van der Waals surface area contributed by atoms with Gasteiger partial charge in [-0.15, -0.1) is 0 Å². The van der Waals surface area contributed by atoms with Crippen LogP contribution in [-0.2, 0) is 6.42 Å². The van der Waals surface area contributed by atoms with Crippen molar-refractivity contribution >= 4 is 11.6 Å². The van der Waals surface area contributed by atoms with Gasteiger partial charge in [0.2, 0.25) is 0 Å². The van der Waals surface area contributed by atoms with Crippen molar-refractivity contribution in [2.45, 2.75) is 31.9 Å². The monoisotopic (exact) mass is 241 g/mol. The highest BCUT2D eigenvalue weighted by Gasteiger charge is 2.32. The Morgan fingerprint density at radius 2 is 2.06 bits per heavy atom. The Morgan fingerprint density at radius 1 is 1.38 bits per heavy atom. The summed E-state index contributed by atoms with van der Waals surface area (Å²) in [4.78, 5) is 0. The molecule has 0 saturated carbocycles. The van der Waals surface area contributed by atoms with Crippen LogP contribution in [0.4, 0.5) is 4.39 Å². The number of hydrogen-bond acceptors (Lipinski definition) is 1. The van der Waals surface area contributed by atoms with E-state index in [1.807, 2.05) is 25.1 Å². The van der Waals surface area contributed by atoms with Crippen molar-refractivity contribution in [2.24, 2.45) is 0 Å². The van der Waals surface area contributed by atoms with Crippen molar-refractivity contribution < 1.29 is 4.39 Å². The van der Waals surface area contributed by atoms with Crippen molar-refractivity contribution in [3.63, 3.8) is 0 Å². The van der Waals surface area contributed by atoms with E-state index in [0.717, 1.165) is 24.2 Å². The summed E-state index contributed by atoms with van der Waals surface area (Å²) in [6.45, 7) is 3.52. The van der Waals surface area contributed by atoms with Gasteiger partial charge < -0.3 is 5.32 Å². The highest BCUT2D eigenvalue weighted by molar-refractivity contribution is 6.31. The Balaban J connectivity index is 2.13. The summed E-state index contributed by atoms with van der Waals surface area (Å²) < 4.78 is 14.4. The summed E-state index contributed by atoms with van der Waals surface area (Å²) in [5.74, 6) is 0. The Labute approximate surface area is 101 Å². The summed E-state index contributed by atoms with van der Waals surface area (Å²) in [6, 6.07) is 5.84. The Bertz CT molecular complexity index is 372. The van der Waals surface area contributed by atoms with Gasteiger partial charge in [-0.1, -0.05) is 23.7 Å². The van der Waals surface area contributed by atoms with Gasteiger partial charge >= 0.3 is 0 Å². The quantitative estimate of drug-likeness (QED) is 0.838. The average Bonchev–Trinajstić information content (AvgIpc) is 2.23. The first-order valence-electron chi connectivity index (χ1n) is 5.74. The third kappa shape index (κ3) is 2.74. The molecule has 0 bridgehead atoms. The van der Waals surface area contributed by atoms with Crippen LogP contribution in [0.15, 0.2) is 18.2 Å². The highest BCUT2D eigenvalue weighted by Crippen LogP contribution is 2.30. The molecule has 16 heavy (non-hydrogen) atoms. The van der Waals surface area contributed by atoms with E-state index in [2.05, 4.69) is 5.32 Å². The molecule has 0 aromatic heterocycles. The molecule has 2 rings (SSSR count). The molecule has 0 unspecified atom stereocenters. The fourth-order valence-electron chi connectivity index (χ4n) is 2.19. The van der Waals surface area contributed by atoms with E-state index >= 15 is 0 Å². The molecule has 1 heterocycles. The molecular weight excluding hydrogens is 225 g/mol. The minimum atomic E-state index is -1.08. The summed E-state index contributed by atoms with van der Waals surface area (Å²) >= 11 is 6.13. The fourth-order valence-corrected chi connectivity index (χ4v) is 2.49. The number of piperidine rings is 1. The average molecular weight is 242 g/mol. The van der Waals surface area contributed by atoms with Gasteiger partial charge in [0.05, 0.1) is 0 Å². The zero-order valence-electron chi connectivity index (χ0n) is 9.52. The molecule has 1 nitrogen and oxygen atoms in total. The lowest BCUT2D eigenvalue weighted by Crippen LogP contribution is -2.40. The van der Waals surface area contributed by atoms with E-state index in [0.29, 0.717) is 24.3 Å². The minimum absolute atomic E-state index is 0.438. The fraction of sp³-hybridized carbons (Fsp3) is 0.538. The van der Waals surface area contributed by atoms with Gasteiger partial charge in [0, 0.05) is 11.4 Å². The van der Waals surface area contributed by atoms with Gasteiger partial charge in [0.15, 0.2) is 0 Å². The van der Waals surface area contributed by atoms with Crippen molar-refractivity contribution in [3.05, 3.63) is 34.3 Å². The molecule has 0 atom stereocenters. The van der Waals surface area contributed by atoms with Crippen molar-refractivity contribution in [3.8, 4) is 0 Å². The molecule has 1 aromatic carbocycles. The Kier molecular flexibility index (Phi) is 3.50. The van der Waals surface area contributed by atoms with Gasteiger partial charge in [-0.05, 0) is 50.0 Å². The number of halogens is 2. The van der Waals surface area contributed by atoms with E-state index < -0.39 is 5.67 Å². The number of benzene rings is 1. The maximum atomic E-state index is 14.4. The molecule has 88 valence electrons. The molecule has 0 spiro atoms. The minimum Gasteiger partial charge on any atom is -0.316 e. The molecule has 1 aliphatic heterocycles. The van der Waals surface area contributed by atoms with E-state index in [-0.39, 0.29) is 0 Å². The molecule has 0 amide bonds. The number of nitrogens with one attached hydrogen (secondary N) is 1. The Morgan fingerprint density at radius 3 is 2.69 bits per heavy atom. The first-order chi connectivity index (χ1) is 7.59. The lowest BCUT2D eigenvalue weighted by molar-refractivity contribution is 0.116. The van der Waals surface area contributed by atoms with Crippen LogP contribution in [0.3, 0.4) is 0 Å². The molecule has 1 aliphatic rings. The lowest BCUT2D eigenvalue weighted by Gasteiger charge is -2.30. The van der Waals surface area contributed by atoms with Crippen LogP contribution in [-0.4, -0.2) is 18.8 Å². The normalized spacial score (nSPS) is 19.7. The van der Waals surface area contributed by atoms with Gasteiger partial charge in [0.1, 0.15) is 5.67 Å². The smallest absolute Gasteiger partial charge is 0.117 e. The van der Waals surface area contributed by atoms with Crippen LogP contribution >= 0.6 is 11.6 Å².